The van der Waals surface area contributed by atoms with Crippen LogP contribution in [0.3, 0.4) is 0 Å². The van der Waals surface area contributed by atoms with Gasteiger partial charge in [-0.2, -0.15) is 0 Å². The number of rotatable bonds is 8. The maximum absolute atomic E-state index is 12.2. The van der Waals surface area contributed by atoms with E-state index in [0.29, 0.717) is 37.6 Å². The summed E-state index contributed by atoms with van der Waals surface area (Å²) < 4.78 is 5.66. The molecule has 0 saturated carbocycles. The molecule has 1 N–H and O–H groups in total. The molecule has 29 heavy (non-hydrogen) atoms. The molecule has 2 aromatic heterocycles. The summed E-state index contributed by atoms with van der Waals surface area (Å²) in [4.78, 5) is 16.5. The molecular formula is C23H22N4O2. The van der Waals surface area contributed by atoms with E-state index in [-0.39, 0.29) is 5.91 Å². The van der Waals surface area contributed by atoms with Crippen molar-refractivity contribution < 1.29 is 9.21 Å². The average molecular weight is 386 g/mol. The van der Waals surface area contributed by atoms with E-state index in [2.05, 4.69) is 32.6 Å². The second-order valence-electron chi connectivity index (χ2n) is 6.88. The lowest BCUT2D eigenvalue weighted by Crippen LogP contribution is -2.23. The van der Waals surface area contributed by atoms with Gasteiger partial charge in [-0.3, -0.25) is 9.78 Å². The van der Waals surface area contributed by atoms with E-state index in [9.17, 15) is 4.79 Å². The second-order valence-corrected chi connectivity index (χ2v) is 6.88. The van der Waals surface area contributed by atoms with Gasteiger partial charge >= 0.3 is 0 Å². The number of aryl methyl sites for hydroxylation is 3. The first-order valence-corrected chi connectivity index (χ1v) is 9.72. The zero-order chi connectivity index (χ0) is 19.9. The lowest BCUT2D eigenvalue weighted by atomic mass is 10.1. The predicted octanol–water partition coefficient (Wildman–Crippen LogP) is 3.65. The zero-order valence-electron chi connectivity index (χ0n) is 16.0. The summed E-state index contributed by atoms with van der Waals surface area (Å²) in [5, 5.41) is 12.1. The number of pyridine rings is 1. The van der Waals surface area contributed by atoms with Gasteiger partial charge in [0, 0.05) is 37.4 Å². The van der Waals surface area contributed by atoms with Crippen LogP contribution in [0.15, 0.2) is 71.3 Å². The number of hydrogen-bond acceptors (Lipinski definition) is 5. The Morgan fingerprint density at radius 2 is 1.69 bits per heavy atom. The van der Waals surface area contributed by atoms with Crippen LogP contribution >= 0.6 is 0 Å². The zero-order valence-corrected chi connectivity index (χ0v) is 16.0. The highest BCUT2D eigenvalue weighted by molar-refractivity contribution is 5.79. The topological polar surface area (TPSA) is 80.9 Å². The molecule has 0 bridgehead atoms. The van der Waals surface area contributed by atoms with E-state index in [0.717, 1.165) is 22.9 Å². The quantitative estimate of drug-likeness (QED) is 0.500. The monoisotopic (exact) mass is 386 g/mol. The largest absolute Gasteiger partial charge is 0.425 e. The summed E-state index contributed by atoms with van der Waals surface area (Å²) in [7, 11) is 0. The van der Waals surface area contributed by atoms with Crippen LogP contribution in [-0.2, 0) is 30.6 Å². The van der Waals surface area contributed by atoms with Gasteiger partial charge < -0.3 is 9.73 Å². The SMILES string of the molecule is O=C(CCc1nnc(CCc2ccccc2)o1)NCc1ccc2ncccc2c1. The number of nitrogens with one attached hydrogen (secondary N) is 1. The van der Waals surface area contributed by atoms with Crippen LogP contribution in [0.5, 0.6) is 0 Å². The second kappa shape index (κ2) is 9.10. The first-order chi connectivity index (χ1) is 14.3. The van der Waals surface area contributed by atoms with Gasteiger partial charge in [0.25, 0.3) is 0 Å². The van der Waals surface area contributed by atoms with E-state index < -0.39 is 0 Å². The minimum atomic E-state index is -0.0414. The van der Waals surface area contributed by atoms with E-state index in [4.69, 9.17) is 4.42 Å². The molecule has 0 fully saturated rings. The third-order valence-corrected chi connectivity index (χ3v) is 4.70. The molecule has 2 heterocycles. The van der Waals surface area contributed by atoms with Gasteiger partial charge in [0.15, 0.2) is 0 Å². The van der Waals surface area contributed by atoms with Gasteiger partial charge in [0.1, 0.15) is 0 Å². The summed E-state index contributed by atoms with van der Waals surface area (Å²) in [6.07, 6.45) is 4.07. The Hall–Kier alpha value is -3.54. The number of fused-ring (bicyclic) bond motifs is 1. The molecule has 0 aliphatic heterocycles. The minimum absolute atomic E-state index is 0.0414. The summed E-state index contributed by atoms with van der Waals surface area (Å²) in [6.45, 7) is 0.482. The van der Waals surface area contributed by atoms with Gasteiger partial charge in [0.05, 0.1) is 5.52 Å². The van der Waals surface area contributed by atoms with Crippen molar-refractivity contribution in [2.75, 3.05) is 0 Å². The molecule has 0 unspecified atom stereocenters. The Balaban J connectivity index is 1.22. The van der Waals surface area contributed by atoms with Crippen molar-refractivity contribution in [1.82, 2.24) is 20.5 Å². The third kappa shape index (κ3) is 5.25. The molecule has 2 aromatic carbocycles. The Morgan fingerprint density at radius 1 is 0.862 bits per heavy atom. The first kappa shape index (κ1) is 18.8. The highest BCUT2D eigenvalue weighted by Crippen LogP contribution is 2.13. The number of amides is 1. The van der Waals surface area contributed by atoms with Crippen molar-refractivity contribution in [3.63, 3.8) is 0 Å². The summed E-state index contributed by atoms with van der Waals surface area (Å²) in [5.41, 5.74) is 3.22. The predicted molar refractivity (Wildman–Crippen MR) is 110 cm³/mol. The van der Waals surface area contributed by atoms with E-state index in [1.165, 1.54) is 5.56 Å². The Labute approximate surface area is 169 Å². The highest BCUT2D eigenvalue weighted by Gasteiger charge is 2.09. The smallest absolute Gasteiger partial charge is 0.220 e. The molecule has 6 nitrogen and oxygen atoms in total. The van der Waals surface area contributed by atoms with Crippen LogP contribution in [0, 0.1) is 0 Å². The lowest BCUT2D eigenvalue weighted by molar-refractivity contribution is -0.121. The average Bonchev–Trinajstić information content (AvgIpc) is 3.23. The summed E-state index contributed by atoms with van der Waals surface area (Å²) in [5.74, 6) is 1.06. The molecule has 4 aromatic rings. The van der Waals surface area contributed by atoms with Crippen LogP contribution < -0.4 is 5.32 Å². The fourth-order valence-corrected chi connectivity index (χ4v) is 3.13. The first-order valence-electron chi connectivity index (χ1n) is 9.72. The van der Waals surface area contributed by atoms with Crippen molar-refractivity contribution in [2.24, 2.45) is 0 Å². The normalized spacial score (nSPS) is 10.9. The maximum Gasteiger partial charge on any atom is 0.220 e. The highest BCUT2D eigenvalue weighted by atomic mass is 16.4. The van der Waals surface area contributed by atoms with Crippen molar-refractivity contribution in [2.45, 2.75) is 32.2 Å². The van der Waals surface area contributed by atoms with Crippen LogP contribution in [-0.4, -0.2) is 21.1 Å². The van der Waals surface area contributed by atoms with Gasteiger partial charge in [0.2, 0.25) is 17.7 Å². The number of nitrogens with zero attached hydrogens (tertiary/aromatic N) is 3. The van der Waals surface area contributed by atoms with Crippen molar-refractivity contribution in [3.8, 4) is 0 Å². The van der Waals surface area contributed by atoms with E-state index >= 15 is 0 Å². The number of benzene rings is 2. The van der Waals surface area contributed by atoms with E-state index in [1.807, 2.05) is 48.5 Å². The molecule has 0 aliphatic rings. The fraction of sp³-hybridized carbons (Fsp3) is 0.217. The summed E-state index contributed by atoms with van der Waals surface area (Å²) in [6, 6.07) is 20.1. The minimum Gasteiger partial charge on any atom is -0.425 e. The van der Waals surface area contributed by atoms with Crippen LogP contribution in [0.4, 0.5) is 0 Å². The van der Waals surface area contributed by atoms with E-state index in [1.54, 1.807) is 6.20 Å². The Kier molecular flexibility index (Phi) is 5.90. The molecule has 0 atom stereocenters. The lowest BCUT2D eigenvalue weighted by Gasteiger charge is -2.05. The number of carbonyl (C=O) groups excluding carboxylic acids is 1. The van der Waals surface area contributed by atoms with Gasteiger partial charge in [-0.15, -0.1) is 10.2 Å². The van der Waals surface area contributed by atoms with Crippen LogP contribution in [0.25, 0.3) is 10.9 Å². The molecule has 0 radical (unpaired) electrons. The molecule has 0 spiro atoms. The number of aromatic nitrogens is 3. The summed E-state index contributed by atoms with van der Waals surface area (Å²) >= 11 is 0. The molecule has 0 aliphatic carbocycles. The van der Waals surface area contributed by atoms with Crippen LogP contribution in [0.1, 0.15) is 29.3 Å². The van der Waals surface area contributed by atoms with Crippen molar-refractivity contribution >= 4 is 16.8 Å². The molecule has 1 amide bonds. The third-order valence-electron chi connectivity index (χ3n) is 4.70. The molecule has 6 heteroatoms. The van der Waals surface area contributed by atoms with Crippen molar-refractivity contribution in [3.05, 3.63) is 89.8 Å². The fourth-order valence-electron chi connectivity index (χ4n) is 3.13. The maximum atomic E-state index is 12.2. The molecule has 4 rings (SSSR count). The van der Waals surface area contributed by atoms with Crippen molar-refractivity contribution in [1.29, 1.82) is 0 Å². The Morgan fingerprint density at radius 3 is 2.55 bits per heavy atom. The number of carbonyl (C=O) groups is 1. The van der Waals surface area contributed by atoms with Gasteiger partial charge in [-0.25, -0.2) is 0 Å². The number of hydrogen-bond donors (Lipinski definition) is 1. The van der Waals surface area contributed by atoms with Gasteiger partial charge in [-0.05, 0) is 35.7 Å². The Bertz CT molecular complexity index is 1090. The van der Waals surface area contributed by atoms with Crippen LogP contribution in [0.2, 0.25) is 0 Å². The molecule has 146 valence electrons. The standard InChI is InChI=1S/C23H22N4O2/c28-21(25-16-18-8-10-20-19(15-18)7-4-14-24-20)11-13-23-27-26-22(29-23)12-9-17-5-2-1-3-6-17/h1-8,10,14-15H,9,11-13,16H2,(H,25,28). The van der Waals surface area contributed by atoms with Gasteiger partial charge in [-0.1, -0.05) is 42.5 Å². The molecule has 0 saturated heterocycles. The molecular weight excluding hydrogens is 364 g/mol.